The van der Waals surface area contributed by atoms with Crippen LogP contribution in [-0.2, 0) is 22.4 Å². The Hall–Kier alpha value is -1.77. The molecule has 2 aromatic heterocycles. The zero-order valence-corrected chi connectivity index (χ0v) is 18.5. The second kappa shape index (κ2) is 8.16. The van der Waals surface area contributed by atoms with Crippen molar-refractivity contribution < 1.29 is 19.4 Å². The van der Waals surface area contributed by atoms with Crippen LogP contribution in [0.25, 0.3) is 5.00 Å². The van der Waals surface area contributed by atoms with Crippen molar-refractivity contribution in [2.45, 2.75) is 57.1 Å². The number of carboxylic acids is 1. The van der Waals surface area contributed by atoms with E-state index in [-0.39, 0.29) is 11.3 Å². The van der Waals surface area contributed by atoms with Gasteiger partial charge in [-0.05, 0) is 58.1 Å². The fourth-order valence-corrected chi connectivity index (χ4v) is 6.99. The van der Waals surface area contributed by atoms with Crippen molar-refractivity contribution in [1.82, 2.24) is 9.88 Å². The van der Waals surface area contributed by atoms with E-state index >= 15 is 0 Å². The van der Waals surface area contributed by atoms with Gasteiger partial charge in [-0.1, -0.05) is 0 Å². The summed E-state index contributed by atoms with van der Waals surface area (Å²) < 4.78 is 7.57. The van der Waals surface area contributed by atoms with Crippen molar-refractivity contribution in [1.29, 1.82) is 0 Å². The third-order valence-corrected chi connectivity index (χ3v) is 8.32. The third kappa shape index (κ3) is 3.62. The lowest BCUT2D eigenvalue weighted by Crippen LogP contribution is -2.21. The predicted molar refractivity (Wildman–Crippen MR) is 115 cm³/mol. The molecule has 1 saturated heterocycles. The average Bonchev–Trinajstić information content (AvgIpc) is 3.37. The molecule has 1 fully saturated rings. The van der Waals surface area contributed by atoms with Crippen LogP contribution in [0.4, 0.5) is 0 Å². The number of thioether (sulfide) groups is 1. The zero-order chi connectivity index (χ0) is 20.7. The summed E-state index contributed by atoms with van der Waals surface area (Å²) in [6.07, 6.45) is 4.19. The fourth-order valence-electron chi connectivity index (χ4n) is 4.29. The van der Waals surface area contributed by atoms with Crippen molar-refractivity contribution in [3.05, 3.63) is 39.0 Å². The van der Waals surface area contributed by atoms with Gasteiger partial charge >= 0.3 is 11.9 Å². The van der Waals surface area contributed by atoms with Gasteiger partial charge < -0.3 is 14.4 Å². The summed E-state index contributed by atoms with van der Waals surface area (Å²) in [6.45, 7) is 6.74. The third-order valence-electron chi connectivity index (χ3n) is 5.65. The van der Waals surface area contributed by atoms with Gasteiger partial charge in [-0.15, -0.1) is 23.1 Å². The number of thiophene rings is 1. The lowest BCUT2D eigenvalue weighted by molar-refractivity contribution is -0.136. The number of aromatic nitrogens is 1. The second-order valence-corrected chi connectivity index (χ2v) is 9.92. The van der Waals surface area contributed by atoms with E-state index in [1.54, 1.807) is 11.3 Å². The van der Waals surface area contributed by atoms with E-state index in [9.17, 15) is 14.7 Å². The minimum absolute atomic E-state index is 0.0586. The van der Waals surface area contributed by atoms with Crippen molar-refractivity contribution in [3.8, 4) is 5.00 Å². The van der Waals surface area contributed by atoms with E-state index < -0.39 is 11.2 Å². The first-order chi connectivity index (χ1) is 13.9. The Balaban J connectivity index is 1.78. The Morgan fingerprint density at radius 1 is 1.31 bits per heavy atom. The highest BCUT2D eigenvalue weighted by Crippen LogP contribution is 2.42. The van der Waals surface area contributed by atoms with Gasteiger partial charge in [0.25, 0.3) is 0 Å². The number of carboxylic acid groups (broad SMARTS) is 1. The van der Waals surface area contributed by atoms with Crippen LogP contribution in [0.15, 0.2) is 6.07 Å². The Morgan fingerprint density at radius 3 is 2.76 bits per heavy atom. The monoisotopic (exact) mass is 434 g/mol. The smallest absolute Gasteiger partial charge is 0.341 e. The summed E-state index contributed by atoms with van der Waals surface area (Å²) >= 11 is 3.14. The van der Waals surface area contributed by atoms with E-state index in [0.717, 1.165) is 58.8 Å². The molecular weight excluding hydrogens is 408 g/mol. The number of hydrogen-bond donors (Lipinski definition) is 2. The number of hydrogen-bond acceptors (Lipinski definition) is 6. The van der Waals surface area contributed by atoms with Crippen LogP contribution in [0.3, 0.4) is 0 Å². The number of fused-ring (bicyclic) bond motifs is 1. The van der Waals surface area contributed by atoms with Gasteiger partial charge in [0.05, 0.1) is 17.5 Å². The molecular formula is C21H26N2O4S2. The van der Waals surface area contributed by atoms with Crippen LogP contribution in [0.2, 0.25) is 0 Å². The Labute approximate surface area is 178 Å². The summed E-state index contributed by atoms with van der Waals surface area (Å²) in [5.41, 5.74) is 5.04. The molecule has 0 bridgehead atoms. The Morgan fingerprint density at radius 2 is 2.07 bits per heavy atom. The standard InChI is InChI=1S/C21H26N2O4S2/c1-4-27-21(26)17-13-7-5-6-8-15(13)29-19(17)23-11(2)9-14(12(23)3)18-22-10-16(28-18)20(24)25/h9,16,18,22H,4-8,10H2,1-3H3,(H,24,25)/t16-,18+/m0/s1. The molecule has 4 rings (SSSR count). The van der Waals surface area contributed by atoms with Gasteiger partial charge in [-0.2, -0.15) is 0 Å². The van der Waals surface area contributed by atoms with Crippen LogP contribution in [0.1, 0.15) is 62.9 Å². The first kappa shape index (κ1) is 20.5. The fraction of sp³-hybridized carbons (Fsp3) is 0.524. The minimum Gasteiger partial charge on any atom is -0.480 e. The topological polar surface area (TPSA) is 80.6 Å². The molecule has 6 nitrogen and oxygen atoms in total. The number of ether oxygens (including phenoxy) is 1. The van der Waals surface area contributed by atoms with Gasteiger partial charge in [-0.3, -0.25) is 10.1 Å². The van der Waals surface area contributed by atoms with Crippen molar-refractivity contribution in [2.24, 2.45) is 0 Å². The van der Waals surface area contributed by atoms with Gasteiger partial charge in [0, 0.05) is 28.4 Å². The molecule has 0 unspecified atom stereocenters. The predicted octanol–water partition coefficient (Wildman–Crippen LogP) is 4.00. The van der Waals surface area contributed by atoms with E-state index in [4.69, 9.17) is 4.74 Å². The van der Waals surface area contributed by atoms with Crippen LogP contribution in [0.5, 0.6) is 0 Å². The maximum absolute atomic E-state index is 12.9. The molecule has 2 N–H and O–H groups in total. The molecule has 156 valence electrons. The van der Waals surface area contributed by atoms with E-state index in [0.29, 0.717) is 13.2 Å². The molecule has 0 aromatic carbocycles. The summed E-state index contributed by atoms with van der Waals surface area (Å²) in [4.78, 5) is 25.5. The summed E-state index contributed by atoms with van der Waals surface area (Å²) in [7, 11) is 0. The van der Waals surface area contributed by atoms with Gasteiger partial charge in [0.15, 0.2) is 0 Å². The average molecular weight is 435 g/mol. The minimum atomic E-state index is -0.783. The summed E-state index contributed by atoms with van der Waals surface area (Å²) in [5.74, 6) is -1.02. The first-order valence-electron chi connectivity index (χ1n) is 10.0. The number of carbonyl (C=O) groups is 2. The molecule has 1 aliphatic carbocycles. The maximum Gasteiger partial charge on any atom is 0.341 e. The number of carbonyl (C=O) groups excluding carboxylic acids is 1. The Bertz CT molecular complexity index is 963. The van der Waals surface area contributed by atoms with Crippen molar-refractivity contribution >= 4 is 35.0 Å². The summed E-state index contributed by atoms with van der Waals surface area (Å²) in [6, 6.07) is 2.11. The molecule has 0 amide bonds. The van der Waals surface area contributed by atoms with Gasteiger partial charge in [0.1, 0.15) is 10.3 Å². The molecule has 0 spiro atoms. The number of aliphatic carboxylic acids is 1. The van der Waals surface area contributed by atoms with E-state index in [1.165, 1.54) is 16.6 Å². The molecule has 0 saturated carbocycles. The molecule has 2 aromatic rings. The normalized spacial score (nSPS) is 21.2. The maximum atomic E-state index is 12.9. The number of nitrogens with zero attached hydrogens (tertiary/aromatic N) is 1. The number of esters is 1. The molecule has 3 heterocycles. The van der Waals surface area contributed by atoms with Gasteiger partial charge in [0.2, 0.25) is 0 Å². The highest BCUT2D eigenvalue weighted by molar-refractivity contribution is 8.01. The number of aryl methyl sites for hydroxylation is 2. The second-order valence-electron chi connectivity index (χ2n) is 7.52. The molecule has 8 heteroatoms. The van der Waals surface area contributed by atoms with Gasteiger partial charge in [-0.25, -0.2) is 4.79 Å². The molecule has 1 aliphatic heterocycles. The van der Waals surface area contributed by atoms with Crippen molar-refractivity contribution in [2.75, 3.05) is 13.2 Å². The lowest BCUT2D eigenvalue weighted by atomic mass is 9.95. The quantitative estimate of drug-likeness (QED) is 0.693. The van der Waals surface area contributed by atoms with Crippen LogP contribution >= 0.6 is 23.1 Å². The molecule has 29 heavy (non-hydrogen) atoms. The molecule has 0 radical (unpaired) electrons. The van der Waals surface area contributed by atoms with Crippen LogP contribution < -0.4 is 5.32 Å². The highest BCUT2D eigenvalue weighted by atomic mass is 32.2. The first-order valence-corrected chi connectivity index (χ1v) is 11.8. The molecule has 2 aliphatic rings. The molecule has 2 atom stereocenters. The highest BCUT2D eigenvalue weighted by Gasteiger charge is 2.34. The lowest BCUT2D eigenvalue weighted by Gasteiger charge is -2.14. The Kier molecular flexibility index (Phi) is 5.77. The SMILES string of the molecule is CCOC(=O)c1c(-n2c(C)cc([C@@H]3NC[C@@H](C(=O)O)S3)c2C)sc2c1CCCC2. The van der Waals surface area contributed by atoms with Crippen molar-refractivity contribution in [3.63, 3.8) is 0 Å². The van der Waals surface area contributed by atoms with E-state index in [2.05, 4.69) is 16.0 Å². The largest absolute Gasteiger partial charge is 0.480 e. The van der Waals surface area contributed by atoms with Crippen LogP contribution in [0, 0.1) is 13.8 Å². The summed E-state index contributed by atoms with van der Waals surface area (Å²) in [5, 5.41) is 13.1. The number of nitrogens with one attached hydrogen (secondary N) is 1. The zero-order valence-electron chi connectivity index (χ0n) is 16.9. The van der Waals surface area contributed by atoms with E-state index in [1.807, 2.05) is 20.8 Å². The van der Waals surface area contributed by atoms with Crippen LogP contribution in [-0.4, -0.2) is 40.0 Å². The number of rotatable bonds is 5.